The summed E-state index contributed by atoms with van der Waals surface area (Å²) in [4.78, 5) is 8.38. The van der Waals surface area contributed by atoms with Gasteiger partial charge in [0.15, 0.2) is 0 Å². The Morgan fingerprint density at radius 1 is 1.29 bits per heavy atom. The lowest BCUT2D eigenvalue weighted by Gasteiger charge is -2.12. The van der Waals surface area contributed by atoms with Gasteiger partial charge in [-0.3, -0.25) is 0 Å². The molecule has 0 atom stereocenters. The summed E-state index contributed by atoms with van der Waals surface area (Å²) in [6.45, 7) is 2.18. The number of nitrogen functional groups attached to an aromatic ring is 1. The number of sulfonamides is 1. The predicted molar refractivity (Wildman–Crippen MR) is 81.2 cm³/mol. The first-order chi connectivity index (χ1) is 9.92. The van der Waals surface area contributed by atoms with Crippen LogP contribution in [0.2, 0.25) is 0 Å². The van der Waals surface area contributed by atoms with Crippen LogP contribution < -0.4 is 15.8 Å². The molecular formula is C13H17N5O2S. The Hall–Kier alpha value is -2.19. The molecule has 0 spiro atoms. The second-order valence-corrected chi connectivity index (χ2v) is 6.27. The summed E-state index contributed by atoms with van der Waals surface area (Å²) in [6.07, 6.45) is 1.66. The molecule has 1 aromatic carbocycles. The number of nitrogens with two attached hydrogens (primary N) is 1. The molecule has 0 radical (unpaired) electrons. The standard InChI is InChI=1S/C13H17N5O2S/c1-9-16-6-5-11(18-9)8-17-12-4-3-10(14)7-13(12)21(19,20)15-2/h3-7,15,17H,8,14H2,1-2H3. The number of anilines is 2. The maximum Gasteiger partial charge on any atom is 0.242 e. The zero-order valence-corrected chi connectivity index (χ0v) is 12.6. The van der Waals surface area contributed by atoms with Crippen LogP contribution in [0.25, 0.3) is 0 Å². The van der Waals surface area contributed by atoms with Crippen molar-refractivity contribution in [3.63, 3.8) is 0 Å². The Labute approximate surface area is 123 Å². The lowest BCUT2D eigenvalue weighted by atomic mass is 10.2. The molecule has 0 amide bonds. The van der Waals surface area contributed by atoms with Crippen LogP contribution >= 0.6 is 0 Å². The predicted octanol–water partition coefficient (Wildman–Crippen LogP) is 0.887. The molecule has 0 aliphatic carbocycles. The number of aryl methyl sites for hydroxylation is 1. The highest BCUT2D eigenvalue weighted by Crippen LogP contribution is 2.24. The van der Waals surface area contributed by atoms with Crippen molar-refractivity contribution < 1.29 is 8.42 Å². The van der Waals surface area contributed by atoms with Crippen molar-refractivity contribution >= 4 is 21.4 Å². The topological polar surface area (TPSA) is 110 Å². The number of rotatable bonds is 5. The largest absolute Gasteiger partial charge is 0.399 e. The van der Waals surface area contributed by atoms with Crippen molar-refractivity contribution in [2.45, 2.75) is 18.4 Å². The van der Waals surface area contributed by atoms with Crippen molar-refractivity contribution in [3.05, 3.63) is 42.0 Å². The summed E-state index contributed by atoms with van der Waals surface area (Å²) in [7, 11) is -2.23. The summed E-state index contributed by atoms with van der Waals surface area (Å²) in [5.74, 6) is 0.662. The maximum absolute atomic E-state index is 12.0. The van der Waals surface area contributed by atoms with E-state index < -0.39 is 10.0 Å². The molecule has 8 heteroatoms. The third-order valence-electron chi connectivity index (χ3n) is 2.86. The molecule has 7 nitrogen and oxygen atoms in total. The zero-order chi connectivity index (χ0) is 15.5. The van der Waals surface area contributed by atoms with Gasteiger partial charge in [-0.05, 0) is 38.2 Å². The Balaban J connectivity index is 2.28. The molecule has 2 aromatic rings. The Kier molecular flexibility index (Phi) is 4.39. The van der Waals surface area contributed by atoms with Crippen molar-refractivity contribution in [2.24, 2.45) is 0 Å². The van der Waals surface area contributed by atoms with Crippen molar-refractivity contribution in [1.82, 2.24) is 14.7 Å². The summed E-state index contributed by atoms with van der Waals surface area (Å²) in [6, 6.07) is 6.46. The molecule has 0 aliphatic rings. The first-order valence-corrected chi connectivity index (χ1v) is 7.76. The molecule has 112 valence electrons. The summed E-state index contributed by atoms with van der Waals surface area (Å²) < 4.78 is 26.3. The van der Waals surface area contributed by atoms with E-state index in [0.717, 1.165) is 5.69 Å². The lowest BCUT2D eigenvalue weighted by molar-refractivity contribution is 0.588. The smallest absolute Gasteiger partial charge is 0.242 e. The Morgan fingerprint density at radius 3 is 2.71 bits per heavy atom. The first-order valence-electron chi connectivity index (χ1n) is 6.28. The van der Waals surface area contributed by atoms with Gasteiger partial charge in [-0.1, -0.05) is 0 Å². The van der Waals surface area contributed by atoms with Gasteiger partial charge in [-0.15, -0.1) is 0 Å². The van der Waals surface area contributed by atoms with Crippen LogP contribution in [0.1, 0.15) is 11.5 Å². The summed E-state index contributed by atoms with van der Waals surface area (Å²) in [5.41, 5.74) is 7.29. The van der Waals surface area contributed by atoms with Gasteiger partial charge in [0.25, 0.3) is 0 Å². The molecule has 0 bridgehead atoms. The molecule has 0 saturated heterocycles. The third-order valence-corrected chi connectivity index (χ3v) is 4.31. The quantitative estimate of drug-likeness (QED) is 0.708. The monoisotopic (exact) mass is 307 g/mol. The normalized spacial score (nSPS) is 11.3. The minimum absolute atomic E-state index is 0.107. The highest BCUT2D eigenvalue weighted by molar-refractivity contribution is 7.89. The second-order valence-electron chi connectivity index (χ2n) is 4.41. The molecule has 0 fully saturated rings. The maximum atomic E-state index is 12.0. The van der Waals surface area contributed by atoms with Crippen molar-refractivity contribution in [1.29, 1.82) is 0 Å². The van der Waals surface area contributed by atoms with E-state index in [-0.39, 0.29) is 4.90 Å². The van der Waals surface area contributed by atoms with Gasteiger partial charge in [0.2, 0.25) is 10.0 Å². The van der Waals surface area contributed by atoms with E-state index in [9.17, 15) is 8.42 Å². The molecule has 0 saturated carbocycles. The number of benzene rings is 1. The summed E-state index contributed by atoms with van der Waals surface area (Å²) >= 11 is 0. The third kappa shape index (κ3) is 3.67. The molecule has 21 heavy (non-hydrogen) atoms. The van der Waals surface area contributed by atoms with E-state index in [2.05, 4.69) is 20.0 Å². The van der Waals surface area contributed by atoms with E-state index in [1.54, 1.807) is 31.3 Å². The van der Waals surface area contributed by atoms with Crippen LogP contribution in [0.4, 0.5) is 11.4 Å². The molecule has 2 rings (SSSR count). The van der Waals surface area contributed by atoms with Crippen molar-refractivity contribution in [2.75, 3.05) is 18.1 Å². The summed E-state index contributed by atoms with van der Waals surface area (Å²) in [5, 5.41) is 3.06. The zero-order valence-electron chi connectivity index (χ0n) is 11.8. The van der Waals surface area contributed by atoms with Gasteiger partial charge >= 0.3 is 0 Å². The van der Waals surface area contributed by atoms with Gasteiger partial charge in [0.1, 0.15) is 10.7 Å². The first kappa shape index (κ1) is 15.2. The average molecular weight is 307 g/mol. The Bertz CT molecular complexity index is 746. The van der Waals surface area contributed by atoms with Gasteiger partial charge in [0, 0.05) is 11.9 Å². The van der Waals surface area contributed by atoms with Gasteiger partial charge in [-0.25, -0.2) is 23.1 Å². The number of nitrogens with one attached hydrogen (secondary N) is 2. The molecule has 1 heterocycles. The van der Waals surface area contributed by atoms with Crippen LogP contribution in [0.3, 0.4) is 0 Å². The molecule has 0 unspecified atom stereocenters. The number of hydrogen-bond acceptors (Lipinski definition) is 6. The van der Waals surface area contributed by atoms with Crippen LogP contribution in [-0.4, -0.2) is 25.4 Å². The fourth-order valence-electron chi connectivity index (χ4n) is 1.81. The van der Waals surface area contributed by atoms with Crippen LogP contribution in [0.15, 0.2) is 35.4 Å². The highest BCUT2D eigenvalue weighted by Gasteiger charge is 2.17. The fourth-order valence-corrected chi connectivity index (χ4v) is 2.75. The lowest BCUT2D eigenvalue weighted by Crippen LogP contribution is -2.20. The number of nitrogens with zero attached hydrogens (tertiary/aromatic N) is 2. The van der Waals surface area contributed by atoms with E-state index in [1.807, 2.05) is 0 Å². The van der Waals surface area contributed by atoms with E-state index in [0.29, 0.717) is 23.7 Å². The van der Waals surface area contributed by atoms with Crippen molar-refractivity contribution in [3.8, 4) is 0 Å². The number of aromatic nitrogens is 2. The van der Waals surface area contributed by atoms with E-state index in [1.165, 1.54) is 13.1 Å². The SMILES string of the molecule is CNS(=O)(=O)c1cc(N)ccc1NCc1ccnc(C)n1. The van der Waals surface area contributed by atoms with Crippen LogP contribution in [0.5, 0.6) is 0 Å². The minimum Gasteiger partial charge on any atom is -0.399 e. The highest BCUT2D eigenvalue weighted by atomic mass is 32.2. The average Bonchev–Trinajstić information content (AvgIpc) is 2.46. The van der Waals surface area contributed by atoms with Crippen LogP contribution in [0, 0.1) is 6.92 Å². The second kappa shape index (κ2) is 6.06. The molecular weight excluding hydrogens is 290 g/mol. The molecule has 0 aliphatic heterocycles. The van der Waals surface area contributed by atoms with Crippen LogP contribution in [-0.2, 0) is 16.6 Å². The minimum atomic E-state index is -3.59. The van der Waals surface area contributed by atoms with Gasteiger partial charge in [-0.2, -0.15) is 0 Å². The number of hydrogen-bond donors (Lipinski definition) is 3. The van der Waals surface area contributed by atoms with Gasteiger partial charge in [0.05, 0.1) is 17.9 Å². The Morgan fingerprint density at radius 2 is 2.05 bits per heavy atom. The fraction of sp³-hybridized carbons (Fsp3) is 0.231. The van der Waals surface area contributed by atoms with Gasteiger partial charge < -0.3 is 11.1 Å². The van der Waals surface area contributed by atoms with E-state index >= 15 is 0 Å². The molecule has 4 N–H and O–H groups in total. The van der Waals surface area contributed by atoms with E-state index in [4.69, 9.17) is 5.73 Å². The molecule has 1 aromatic heterocycles.